The maximum Gasteiger partial charge on any atom is 0.238 e. The van der Waals surface area contributed by atoms with Crippen molar-refractivity contribution < 1.29 is 4.79 Å². The van der Waals surface area contributed by atoms with E-state index in [1.54, 1.807) is 0 Å². The zero-order chi connectivity index (χ0) is 15.6. The molecule has 23 heavy (non-hydrogen) atoms. The van der Waals surface area contributed by atoms with Crippen LogP contribution in [0.2, 0.25) is 0 Å². The monoisotopic (exact) mass is 306 g/mol. The molecule has 1 N–H and O–H groups in total. The summed E-state index contributed by atoms with van der Waals surface area (Å²) in [5, 5.41) is 3.06. The van der Waals surface area contributed by atoms with Crippen LogP contribution < -0.4 is 5.32 Å². The minimum atomic E-state index is 0.0855. The van der Waals surface area contributed by atoms with Gasteiger partial charge >= 0.3 is 0 Å². The number of hydrogen-bond donors (Lipinski definition) is 1. The zero-order valence-electron chi connectivity index (χ0n) is 13.3. The van der Waals surface area contributed by atoms with Crippen molar-refractivity contribution in [1.82, 2.24) is 4.90 Å². The second kappa shape index (κ2) is 6.17. The van der Waals surface area contributed by atoms with Gasteiger partial charge in [-0.3, -0.25) is 9.69 Å². The van der Waals surface area contributed by atoms with Crippen molar-refractivity contribution in [3.05, 3.63) is 64.7 Å². The van der Waals surface area contributed by atoms with E-state index in [1.165, 1.54) is 35.1 Å². The first-order valence-electron chi connectivity index (χ1n) is 8.49. The number of amides is 1. The van der Waals surface area contributed by atoms with Crippen LogP contribution in [-0.2, 0) is 30.6 Å². The molecule has 1 heterocycles. The van der Waals surface area contributed by atoms with Gasteiger partial charge < -0.3 is 5.32 Å². The predicted octanol–water partition coefficient (Wildman–Crippen LogP) is 3.17. The normalized spacial score (nSPS) is 16.7. The van der Waals surface area contributed by atoms with Crippen LogP contribution in [0, 0.1) is 0 Å². The molecule has 118 valence electrons. The van der Waals surface area contributed by atoms with Crippen molar-refractivity contribution in [2.24, 2.45) is 0 Å². The molecule has 0 saturated heterocycles. The van der Waals surface area contributed by atoms with Crippen molar-refractivity contribution in [2.45, 2.75) is 32.2 Å². The van der Waals surface area contributed by atoms with Crippen LogP contribution in [0.5, 0.6) is 0 Å². The summed E-state index contributed by atoms with van der Waals surface area (Å²) in [6.45, 7) is 2.29. The molecule has 1 aliphatic carbocycles. The van der Waals surface area contributed by atoms with Gasteiger partial charge in [-0.1, -0.05) is 30.3 Å². The third kappa shape index (κ3) is 3.15. The summed E-state index contributed by atoms with van der Waals surface area (Å²) in [5.74, 6) is 0.0855. The van der Waals surface area contributed by atoms with E-state index in [1.807, 2.05) is 6.07 Å². The molecular formula is C20H22N2O. The van der Waals surface area contributed by atoms with Gasteiger partial charge in [-0.05, 0) is 60.1 Å². The lowest BCUT2D eigenvalue weighted by Crippen LogP contribution is -2.37. The lowest BCUT2D eigenvalue weighted by molar-refractivity contribution is -0.117. The summed E-state index contributed by atoms with van der Waals surface area (Å²) in [6, 6.07) is 14.9. The summed E-state index contributed by atoms with van der Waals surface area (Å²) in [5.41, 5.74) is 6.55. The van der Waals surface area contributed by atoms with E-state index in [0.717, 1.165) is 31.6 Å². The predicted molar refractivity (Wildman–Crippen MR) is 92.5 cm³/mol. The molecule has 3 nitrogen and oxygen atoms in total. The Morgan fingerprint density at radius 3 is 2.65 bits per heavy atom. The van der Waals surface area contributed by atoms with Crippen molar-refractivity contribution in [2.75, 3.05) is 18.4 Å². The Morgan fingerprint density at radius 2 is 1.74 bits per heavy atom. The number of anilines is 1. The molecule has 2 aromatic rings. The van der Waals surface area contributed by atoms with E-state index in [-0.39, 0.29) is 5.91 Å². The second-order valence-corrected chi connectivity index (χ2v) is 6.61. The molecule has 0 atom stereocenters. The molecule has 0 aromatic heterocycles. The number of carbonyl (C=O) groups is 1. The van der Waals surface area contributed by atoms with Gasteiger partial charge in [0.15, 0.2) is 0 Å². The number of nitrogens with zero attached hydrogens (tertiary/aromatic N) is 1. The lowest BCUT2D eigenvalue weighted by atomic mass is 10.00. The first-order chi connectivity index (χ1) is 11.3. The smallest absolute Gasteiger partial charge is 0.238 e. The van der Waals surface area contributed by atoms with Gasteiger partial charge in [-0.25, -0.2) is 0 Å². The first kappa shape index (κ1) is 14.5. The molecule has 2 aromatic carbocycles. The minimum absolute atomic E-state index is 0.0855. The van der Waals surface area contributed by atoms with Crippen LogP contribution in [0.1, 0.15) is 28.7 Å². The second-order valence-electron chi connectivity index (χ2n) is 6.61. The number of carbonyl (C=O) groups excluding carboxylic acids is 1. The summed E-state index contributed by atoms with van der Waals surface area (Å²) in [4.78, 5) is 14.6. The van der Waals surface area contributed by atoms with E-state index in [4.69, 9.17) is 0 Å². The SMILES string of the molecule is O=C(CN1CCc2ccccc2C1)Nc1ccc2c(c1)CCC2. The molecule has 3 heteroatoms. The van der Waals surface area contributed by atoms with Gasteiger partial charge in [0.05, 0.1) is 6.54 Å². The fraction of sp³-hybridized carbons (Fsp3) is 0.350. The summed E-state index contributed by atoms with van der Waals surface area (Å²) in [6.07, 6.45) is 4.58. The average Bonchev–Trinajstić information content (AvgIpc) is 3.02. The minimum Gasteiger partial charge on any atom is -0.325 e. The van der Waals surface area contributed by atoms with Crippen LogP contribution in [-0.4, -0.2) is 23.9 Å². The number of nitrogens with one attached hydrogen (secondary N) is 1. The maximum atomic E-state index is 12.3. The Labute approximate surface area is 137 Å². The number of hydrogen-bond acceptors (Lipinski definition) is 2. The third-order valence-corrected chi connectivity index (χ3v) is 4.96. The summed E-state index contributed by atoms with van der Waals surface area (Å²) < 4.78 is 0. The van der Waals surface area contributed by atoms with Gasteiger partial charge in [-0.2, -0.15) is 0 Å². The first-order valence-corrected chi connectivity index (χ1v) is 8.49. The molecular weight excluding hydrogens is 284 g/mol. The highest BCUT2D eigenvalue weighted by Gasteiger charge is 2.18. The van der Waals surface area contributed by atoms with Crippen LogP contribution >= 0.6 is 0 Å². The van der Waals surface area contributed by atoms with Gasteiger partial charge in [0.2, 0.25) is 5.91 Å². The molecule has 0 saturated carbocycles. The number of rotatable bonds is 3. The molecule has 0 unspecified atom stereocenters. The standard InChI is InChI=1S/C20H22N2O/c23-20(21-19-9-8-15-6-3-7-17(15)12-19)14-22-11-10-16-4-1-2-5-18(16)13-22/h1-2,4-5,8-9,12H,3,6-7,10-11,13-14H2,(H,21,23). The number of benzene rings is 2. The quantitative estimate of drug-likeness (QED) is 0.944. The zero-order valence-corrected chi connectivity index (χ0v) is 13.3. The molecule has 0 spiro atoms. The van der Waals surface area contributed by atoms with Crippen LogP contribution in [0.3, 0.4) is 0 Å². The molecule has 0 radical (unpaired) electrons. The van der Waals surface area contributed by atoms with Crippen molar-refractivity contribution in [1.29, 1.82) is 0 Å². The van der Waals surface area contributed by atoms with Gasteiger partial charge in [0, 0.05) is 18.8 Å². The van der Waals surface area contributed by atoms with E-state index in [2.05, 4.69) is 46.6 Å². The largest absolute Gasteiger partial charge is 0.325 e. The highest BCUT2D eigenvalue weighted by molar-refractivity contribution is 5.92. The number of fused-ring (bicyclic) bond motifs is 2. The molecule has 1 aliphatic heterocycles. The fourth-order valence-corrected chi connectivity index (χ4v) is 3.74. The average molecular weight is 306 g/mol. The van der Waals surface area contributed by atoms with Crippen molar-refractivity contribution in [3.8, 4) is 0 Å². The molecule has 1 amide bonds. The lowest BCUT2D eigenvalue weighted by Gasteiger charge is -2.28. The Balaban J connectivity index is 1.37. The summed E-state index contributed by atoms with van der Waals surface area (Å²) in [7, 11) is 0. The Kier molecular flexibility index (Phi) is 3.88. The van der Waals surface area contributed by atoms with Gasteiger partial charge in [0.1, 0.15) is 0 Å². The molecule has 0 bridgehead atoms. The highest BCUT2D eigenvalue weighted by atomic mass is 16.2. The number of aryl methyl sites for hydroxylation is 2. The Hall–Kier alpha value is -2.13. The summed E-state index contributed by atoms with van der Waals surface area (Å²) >= 11 is 0. The highest BCUT2D eigenvalue weighted by Crippen LogP contribution is 2.25. The van der Waals surface area contributed by atoms with E-state index >= 15 is 0 Å². The fourth-order valence-electron chi connectivity index (χ4n) is 3.74. The third-order valence-electron chi connectivity index (χ3n) is 4.96. The Bertz CT molecular complexity index is 738. The van der Waals surface area contributed by atoms with E-state index in [0.29, 0.717) is 6.54 Å². The van der Waals surface area contributed by atoms with Gasteiger partial charge in [0.25, 0.3) is 0 Å². The Morgan fingerprint density at radius 1 is 0.957 bits per heavy atom. The van der Waals surface area contributed by atoms with Crippen molar-refractivity contribution >= 4 is 11.6 Å². The van der Waals surface area contributed by atoms with E-state index < -0.39 is 0 Å². The van der Waals surface area contributed by atoms with Crippen LogP contribution in [0.25, 0.3) is 0 Å². The van der Waals surface area contributed by atoms with Gasteiger partial charge in [-0.15, -0.1) is 0 Å². The molecule has 0 fully saturated rings. The topological polar surface area (TPSA) is 32.3 Å². The maximum absolute atomic E-state index is 12.3. The van der Waals surface area contributed by atoms with E-state index in [9.17, 15) is 4.79 Å². The molecule has 2 aliphatic rings. The van der Waals surface area contributed by atoms with Crippen molar-refractivity contribution in [3.63, 3.8) is 0 Å². The van der Waals surface area contributed by atoms with Crippen LogP contribution in [0.15, 0.2) is 42.5 Å². The van der Waals surface area contributed by atoms with Crippen LogP contribution in [0.4, 0.5) is 5.69 Å². The molecule has 4 rings (SSSR count).